The summed E-state index contributed by atoms with van der Waals surface area (Å²) in [5, 5.41) is 2.71. The highest BCUT2D eigenvalue weighted by Crippen LogP contribution is 2.34. The molecule has 22 heavy (non-hydrogen) atoms. The highest BCUT2D eigenvalue weighted by atomic mass is 32.2. The molecule has 0 atom stereocenters. The Kier molecular flexibility index (Phi) is 3.38. The SMILES string of the molecule is CNS(=O)(=O)c1ccc2c(c1)C(=Cc1ccc(C)o1)C(=O)N2. The van der Waals surface area contributed by atoms with E-state index >= 15 is 0 Å². The van der Waals surface area contributed by atoms with Crippen molar-refractivity contribution in [3.05, 3.63) is 47.4 Å². The third-order valence-electron chi connectivity index (χ3n) is 3.40. The number of furan rings is 1. The van der Waals surface area contributed by atoms with Crippen LogP contribution in [0.25, 0.3) is 11.6 Å². The zero-order chi connectivity index (χ0) is 15.9. The van der Waals surface area contributed by atoms with Crippen LogP contribution in [0, 0.1) is 6.92 Å². The number of carbonyl (C=O) groups excluding carboxylic acids is 1. The summed E-state index contributed by atoms with van der Waals surface area (Å²) in [4.78, 5) is 12.2. The third-order valence-corrected chi connectivity index (χ3v) is 4.81. The summed E-state index contributed by atoms with van der Waals surface area (Å²) in [6, 6.07) is 8.04. The number of nitrogens with one attached hydrogen (secondary N) is 2. The van der Waals surface area contributed by atoms with Crippen LogP contribution < -0.4 is 10.0 Å². The molecule has 1 aromatic carbocycles. The van der Waals surface area contributed by atoms with Crippen molar-refractivity contribution in [1.29, 1.82) is 0 Å². The van der Waals surface area contributed by atoms with Gasteiger partial charge in [-0.3, -0.25) is 4.79 Å². The first-order chi connectivity index (χ1) is 10.4. The summed E-state index contributed by atoms with van der Waals surface area (Å²) in [6.45, 7) is 1.81. The molecular weight excluding hydrogens is 304 g/mol. The van der Waals surface area contributed by atoms with Gasteiger partial charge in [-0.05, 0) is 50.4 Å². The number of fused-ring (bicyclic) bond motifs is 1. The van der Waals surface area contributed by atoms with Gasteiger partial charge >= 0.3 is 0 Å². The normalized spacial score (nSPS) is 15.9. The molecule has 1 amide bonds. The molecule has 0 unspecified atom stereocenters. The van der Waals surface area contributed by atoms with Crippen LogP contribution in [0.2, 0.25) is 0 Å². The fourth-order valence-electron chi connectivity index (χ4n) is 2.27. The maximum absolute atomic E-state index is 12.1. The van der Waals surface area contributed by atoms with Crippen LogP contribution in [-0.4, -0.2) is 21.4 Å². The zero-order valence-electron chi connectivity index (χ0n) is 12.0. The molecule has 0 spiro atoms. The Balaban J connectivity index is 2.12. The van der Waals surface area contributed by atoms with Gasteiger partial charge in [0.25, 0.3) is 5.91 Å². The number of sulfonamides is 1. The summed E-state index contributed by atoms with van der Waals surface area (Å²) in [5.41, 5.74) is 1.49. The van der Waals surface area contributed by atoms with Gasteiger partial charge in [-0.1, -0.05) is 0 Å². The lowest BCUT2D eigenvalue weighted by atomic mass is 10.1. The van der Waals surface area contributed by atoms with Gasteiger partial charge in [0.05, 0.1) is 10.5 Å². The van der Waals surface area contributed by atoms with Gasteiger partial charge < -0.3 is 9.73 Å². The minimum atomic E-state index is -3.57. The molecule has 0 saturated heterocycles. The molecule has 3 rings (SSSR count). The van der Waals surface area contributed by atoms with Crippen molar-refractivity contribution in [3.63, 3.8) is 0 Å². The second-order valence-corrected chi connectivity index (χ2v) is 6.76. The quantitative estimate of drug-likeness (QED) is 0.847. The standard InChI is InChI=1S/C15H14N2O4S/c1-9-3-4-10(21-9)7-13-12-8-11(22(19,20)16-2)5-6-14(12)17-15(13)18/h3-8,16H,1-2H3,(H,17,18). The molecule has 114 valence electrons. The lowest BCUT2D eigenvalue weighted by molar-refractivity contribution is -0.110. The fourth-order valence-corrected chi connectivity index (χ4v) is 3.02. The average Bonchev–Trinajstić information content (AvgIpc) is 3.03. The molecule has 0 radical (unpaired) electrons. The van der Waals surface area contributed by atoms with Crippen LogP contribution in [0.1, 0.15) is 17.1 Å². The van der Waals surface area contributed by atoms with Crippen LogP contribution in [0.5, 0.6) is 0 Å². The van der Waals surface area contributed by atoms with E-state index in [9.17, 15) is 13.2 Å². The summed E-state index contributed by atoms with van der Waals surface area (Å²) < 4.78 is 31.5. The highest BCUT2D eigenvalue weighted by molar-refractivity contribution is 7.89. The van der Waals surface area contributed by atoms with Gasteiger partial charge in [0.2, 0.25) is 10.0 Å². The van der Waals surface area contributed by atoms with Gasteiger partial charge in [0, 0.05) is 11.3 Å². The minimum Gasteiger partial charge on any atom is -0.462 e. The zero-order valence-corrected chi connectivity index (χ0v) is 12.8. The molecule has 2 N–H and O–H groups in total. The molecule has 2 heterocycles. The molecule has 0 aliphatic carbocycles. The Morgan fingerprint density at radius 3 is 2.64 bits per heavy atom. The van der Waals surface area contributed by atoms with Crippen molar-refractivity contribution in [1.82, 2.24) is 4.72 Å². The predicted octanol–water partition coefficient (Wildman–Crippen LogP) is 1.99. The van der Waals surface area contributed by atoms with Crippen molar-refractivity contribution in [3.8, 4) is 0 Å². The highest BCUT2D eigenvalue weighted by Gasteiger charge is 2.26. The maximum atomic E-state index is 12.1. The minimum absolute atomic E-state index is 0.103. The molecule has 7 heteroatoms. The fraction of sp³-hybridized carbons (Fsp3) is 0.133. The molecule has 0 saturated carbocycles. The topological polar surface area (TPSA) is 88.4 Å². The Hall–Kier alpha value is -2.38. The van der Waals surface area contributed by atoms with E-state index in [4.69, 9.17) is 4.42 Å². The molecule has 0 bridgehead atoms. The summed E-state index contributed by atoms with van der Waals surface area (Å²) >= 11 is 0. The summed E-state index contributed by atoms with van der Waals surface area (Å²) in [7, 11) is -2.23. The first kappa shape index (κ1) is 14.6. The van der Waals surface area contributed by atoms with Crippen molar-refractivity contribution >= 4 is 33.3 Å². The Morgan fingerprint density at radius 1 is 1.23 bits per heavy atom. The molecule has 1 aromatic heterocycles. The first-order valence-electron chi connectivity index (χ1n) is 6.58. The van der Waals surface area contributed by atoms with Crippen molar-refractivity contribution < 1.29 is 17.6 Å². The van der Waals surface area contributed by atoms with Crippen LogP contribution in [0.3, 0.4) is 0 Å². The lowest BCUT2D eigenvalue weighted by Crippen LogP contribution is -2.18. The van der Waals surface area contributed by atoms with Crippen molar-refractivity contribution in [2.75, 3.05) is 12.4 Å². The number of hydrogen-bond acceptors (Lipinski definition) is 4. The van der Waals surface area contributed by atoms with Crippen LogP contribution in [0.4, 0.5) is 5.69 Å². The monoisotopic (exact) mass is 318 g/mol. The van der Waals surface area contributed by atoms with E-state index in [1.807, 2.05) is 6.92 Å². The Labute approximate surface area is 127 Å². The van der Waals surface area contributed by atoms with Gasteiger partial charge in [0.15, 0.2) is 0 Å². The van der Waals surface area contributed by atoms with Crippen LogP contribution in [-0.2, 0) is 14.8 Å². The number of amides is 1. The summed E-state index contributed by atoms with van der Waals surface area (Å²) in [6.07, 6.45) is 1.60. The summed E-state index contributed by atoms with van der Waals surface area (Å²) in [5.74, 6) is 0.984. The van der Waals surface area contributed by atoms with Crippen molar-refractivity contribution in [2.24, 2.45) is 0 Å². The maximum Gasteiger partial charge on any atom is 0.256 e. The largest absolute Gasteiger partial charge is 0.462 e. The van der Waals surface area contributed by atoms with Gasteiger partial charge in [-0.25, -0.2) is 13.1 Å². The number of hydrogen-bond donors (Lipinski definition) is 2. The van der Waals surface area contributed by atoms with E-state index in [-0.39, 0.29) is 10.8 Å². The van der Waals surface area contributed by atoms with Crippen LogP contribution >= 0.6 is 0 Å². The van der Waals surface area contributed by atoms with E-state index in [1.54, 1.807) is 24.3 Å². The van der Waals surface area contributed by atoms with Gasteiger partial charge in [-0.2, -0.15) is 0 Å². The van der Waals surface area contributed by atoms with E-state index < -0.39 is 10.0 Å². The molecule has 2 aromatic rings. The average molecular weight is 318 g/mol. The Morgan fingerprint density at radius 2 is 2.00 bits per heavy atom. The van der Waals surface area contributed by atoms with Gasteiger partial charge in [-0.15, -0.1) is 0 Å². The van der Waals surface area contributed by atoms with E-state index in [2.05, 4.69) is 10.0 Å². The molecule has 0 fully saturated rings. The third kappa shape index (κ3) is 2.44. The smallest absolute Gasteiger partial charge is 0.256 e. The van der Waals surface area contributed by atoms with Crippen molar-refractivity contribution in [2.45, 2.75) is 11.8 Å². The van der Waals surface area contributed by atoms with Crippen LogP contribution in [0.15, 0.2) is 39.6 Å². The Bertz CT molecular complexity index is 894. The molecular formula is C15H14N2O4S. The van der Waals surface area contributed by atoms with E-state index in [0.717, 1.165) is 5.76 Å². The number of carbonyl (C=O) groups is 1. The number of benzene rings is 1. The van der Waals surface area contributed by atoms with E-state index in [1.165, 1.54) is 19.2 Å². The molecule has 1 aliphatic heterocycles. The number of aryl methyl sites for hydroxylation is 1. The van der Waals surface area contributed by atoms with Gasteiger partial charge in [0.1, 0.15) is 11.5 Å². The number of anilines is 1. The lowest BCUT2D eigenvalue weighted by Gasteiger charge is -2.05. The molecule has 6 nitrogen and oxygen atoms in total. The second-order valence-electron chi connectivity index (χ2n) is 4.88. The number of rotatable bonds is 3. The van der Waals surface area contributed by atoms with E-state index in [0.29, 0.717) is 22.6 Å². The second kappa shape index (κ2) is 5.11. The predicted molar refractivity (Wildman–Crippen MR) is 82.6 cm³/mol. The molecule has 1 aliphatic rings. The first-order valence-corrected chi connectivity index (χ1v) is 8.06.